The lowest BCUT2D eigenvalue weighted by Crippen LogP contribution is -2.31. The van der Waals surface area contributed by atoms with Crippen molar-refractivity contribution in [2.24, 2.45) is 5.92 Å². The Morgan fingerprint density at radius 2 is 1.54 bits per heavy atom. The van der Waals surface area contributed by atoms with E-state index in [4.69, 9.17) is 14.2 Å². The van der Waals surface area contributed by atoms with Crippen molar-refractivity contribution in [2.75, 3.05) is 6.79 Å². The van der Waals surface area contributed by atoms with E-state index >= 15 is 0 Å². The summed E-state index contributed by atoms with van der Waals surface area (Å²) in [4.78, 5) is 12.2. The lowest BCUT2D eigenvalue weighted by molar-refractivity contribution is -0.159. The van der Waals surface area contributed by atoms with E-state index in [9.17, 15) is 4.79 Å². The van der Waals surface area contributed by atoms with Gasteiger partial charge in [0.1, 0.15) is 11.9 Å². The van der Waals surface area contributed by atoms with Gasteiger partial charge in [0.2, 0.25) is 0 Å². The Labute approximate surface area is 144 Å². The normalized spacial score (nSPS) is 25.2. The molecule has 0 N–H and O–H groups in total. The average molecular weight is 332 g/mol. The zero-order chi connectivity index (χ0) is 16.6. The predicted molar refractivity (Wildman–Crippen MR) is 91.7 cm³/mol. The molecule has 0 heterocycles. The van der Waals surface area contributed by atoms with Crippen molar-refractivity contribution >= 4 is 5.97 Å². The summed E-state index contributed by atoms with van der Waals surface area (Å²) >= 11 is 0. The van der Waals surface area contributed by atoms with Crippen LogP contribution in [0.1, 0.15) is 57.8 Å². The van der Waals surface area contributed by atoms with E-state index < -0.39 is 0 Å². The molecule has 1 aromatic carbocycles. The second kappa shape index (κ2) is 9.07. The van der Waals surface area contributed by atoms with Crippen molar-refractivity contribution in [2.45, 2.75) is 70.0 Å². The van der Waals surface area contributed by atoms with Crippen LogP contribution in [0, 0.1) is 5.92 Å². The van der Waals surface area contributed by atoms with E-state index in [1.807, 2.05) is 30.3 Å². The Balaban J connectivity index is 1.31. The summed E-state index contributed by atoms with van der Waals surface area (Å²) in [5, 5.41) is 0. The lowest BCUT2D eigenvalue weighted by Gasteiger charge is -2.30. The summed E-state index contributed by atoms with van der Waals surface area (Å²) in [6.45, 7) is 0.279. The molecule has 0 atom stereocenters. The zero-order valence-electron chi connectivity index (χ0n) is 14.3. The van der Waals surface area contributed by atoms with Gasteiger partial charge in [0.25, 0.3) is 0 Å². The summed E-state index contributed by atoms with van der Waals surface area (Å²) in [5.41, 5.74) is 0. The number of para-hydroxylation sites is 1. The highest BCUT2D eigenvalue weighted by Crippen LogP contribution is 2.28. The third-order valence-corrected chi connectivity index (χ3v) is 5.12. The van der Waals surface area contributed by atoms with Crippen molar-refractivity contribution in [1.29, 1.82) is 0 Å². The van der Waals surface area contributed by atoms with Gasteiger partial charge in [-0.2, -0.15) is 0 Å². The molecule has 0 bridgehead atoms. The van der Waals surface area contributed by atoms with Crippen LogP contribution >= 0.6 is 0 Å². The fraction of sp³-hybridized carbons (Fsp3) is 0.650. The number of carbonyl (C=O) groups is 1. The van der Waals surface area contributed by atoms with Crippen LogP contribution in [-0.4, -0.2) is 25.0 Å². The highest BCUT2D eigenvalue weighted by molar-refractivity contribution is 5.72. The smallest absolute Gasteiger partial charge is 0.309 e. The fourth-order valence-electron chi connectivity index (χ4n) is 3.63. The van der Waals surface area contributed by atoms with Gasteiger partial charge in [-0.3, -0.25) is 4.79 Å². The standard InChI is InChI=1S/C20H28O4/c21-20(16-7-3-1-4-8-16)24-19-13-11-18(12-14-19)23-15-22-17-9-5-2-6-10-17/h2,5-6,9-10,16,18-19H,1,3-4,7-8,11-15H2. The van der Waals surface area contributed by atoms with Crippen molar-refractivity contribution in [3.05, 3.63) is 30.3 Å². The van der Waals surface area contributed by atoms with Crippen molar-refractivity contribution in [3.63, 3.8) is 0 Å². The molecular formula is C20H28O4. The average Bonchev–Trinajstić information content (AvgIpc) is 2.65. The van der Waals surface area contributed by atoms with Crippen LogP contribution in [0.15, 0.2) is 30.3 Å². The van der Waals surface area contributed by atoms with Gasteiger partial charge < -0.3 is 14.2 Å². The number of rotatable bonds is 6. The van der Waals surface area contributed by atoms with Crippen LogP contribution in [0.2, 0.25) is 0 Å². The molecule has 0 spiro atoms. The molecule has 0 unspecified atom stereocenters. The maximum Gasteiger partial charge on any atom is 0.309 e. The number of esters is 1. The molecule has 2 saturated carbocycles. The molecule has 2 aliphatic rings. The zero-order valence-corrected chi connectivity index (χ0v) is 14.3. The number of benzene rings is 1. The van der Waals surface area contributed by atoms with Crippen molar-refractivity contribution in [1.82, 2.24) is 0 Å². The van der Waals surface area contributed by atoms with Crippen LogP contribution < -0.4 is 4.74 Å². The van der Waals surface area contributed by atoms with E-state index in [2.05, 4.69) is 0 Å². The minimum Gasteiger partial charge on any atom is -0.468 e. The molecule has 0 aliphatic heterocycles. The van der Waals surface area contributed by atoms with Crippen LogP contribution in [0.4, 0.5) is 0 Å². The van der Waals surface area contributed by atoms with Gasteiger partial charge in [-0.05, 0) is 50.7 Å². The largest absolute Gasteiger partial charge is 0.468 e. The van der Waals surface area contributed by atoms with Crippen LogP contribution in [0.25, 0.3) is 0 Å². The molecule has 2 fully saturated rings. The molecule has 4 nitrogen and oxygen atoms in total. The maximum atomic E-state index is 12.2. The Morgan fingerprint density at radius 1 is 0.875 bits per heavy atom. The summed E-state index contributed by atoms with van der Waals surface area (Å²) < 4.78 is 17.1. The molecule has 132 valence electrons. The molecule has 0 amide bonds. The van der Waals surface area contributed by atoms with Crippen LogP contribution in [0.3, 0.4) is 0 Å². The van der Waals surface area contributed by atoms with E-state index in [-0.39, 0.29) is 30.9 Å². The van der Waals surface area contributed by atoms with Gasteiger partial charge in [0.15, 0.2) is 6.79 Å². The third kappa shape index (κ3) is 5.23. The van der Waals surface area contributed by atoms with E-state index in [0.717, 1.165) is 44.3 Å². The van der Waals surface area contributed by atoms with Gasteiger partial charge in [-0.15, -0.1) is 0 Å². The van der Waals surface area contributed by atoms with Gasteiger partial charge in [-0.25, -0.2) is 0 Å². The lowest BCUT2D eigenvalue weighted by atomic mass is 9.89. The predicted octanol–water partition coefficient (Wildman–Crippen LogP) is 4.47. The van der Waals surface area contributed by atoms with E-state index in [0.29, 0.717) is 0 Å². The van der Waals surface area contributed by atoms with Crippen LogP contribution in [-0.2, 0) is 14.3 Å². The first-order chi connectivity index (χ1) is 11.8. The summed E-state index contributed by atoms with van der Waals surface area (Å²) in [5.74, 6) is 1.01. The molecule has 1 aromatic rings. The highest BCUT2D eigenvalue weighted by Gasteiger charge is 2.28. The molecule has 0 radical (unpaired) electrons. The van der Waals surface area contributed by atoms with E-state index in [1.165, 1.54) is 19.3 Å². The first-order valence-corrected chi connectivity index (χ1v) is 9.31. The quantitative estimate of drug-likeness (QED) is 0.569. The minimum atomic E-state index is 0.0338. The Bertz CT molecular complexity index is 488. The SMILES string of the molecule is O=C(OC1CCC(OCOc2ccccc2)CC1)C1CCCCC1. The topological polar surface area (TPSA) is 44.8 Å². The molecule has 4 heteroatoms. The highest BCUT2D eigenvalue weighted by atomic mass is 16.7. The van der Waals surface area contributed by atoms with Gasteiger partial charge in [-0.1, -0.05) is 37.5 Å². The van der Waals surface area contributed by atoms with Gasteiger partial charge in [0.05, 0.1) is 12.0 Å². The molecule has 3 rings (SSSR count). The Morgan fingerprint density at radius 3 is 2.25 bits per heavy atom. The Kier molecular flexibility index (Phi) is 6.53. The molecule has 0 aromatic heterocycles. The summed E-state index contributed by atoms with van der Waals surface area (Å²) in [7, 11) is 0. The van der Waals surface area contributed by atoms with Crippen LogP contribution in [0.5, 0.6) is 5.75 Å². The van der Waals surface area contributed by atoms with E-state index in [1.54, 1.807) is 0 Å². The number of ether oxygens (including phenoxy) is 3. The van der Waals surface area contributed by atoms with Gasteiger partial charge >= 0.3 is 5.97 Å². The van der Waals surface area contributed by atoms with Crippen molar-refractivity contribution < 1.29 is 19.0 Å². The monoisotopic (exact) mass is 332 g/mol. The first kappa shape index (κ1) is 17.3. The number of hydrogen-bond donors (Lipinski definition) is 0. The molecule has 0 saturated heterocycles. The maximum absolute atomic E-state index is 12.2. The summed E-state index contributed by atoms with van der Waals surface area (Å²) in [6.07, 6.45) is 9.56. The Hall–Kier alpha value is -1.55. The second-order valence-electron chi connectivity index (χ2n) is 6.91. The van der Waals surface area contributed by atoms with Crippen molar-refractivity contribution in [3.8, 4) is 5.75 Å². The fourth-order valence-corrected chi connectivity index (χ4v) is 3.63. The third-order valence-electron chi connectivity index (χ3n) is 5.12. The number of carbonyl (C=O) groups excluding carboxylic acids is 1. The first-order valence-electron chi connectivity index (χ1n) is 9.31. The molecule has 24 heavy (non-hydrogen) atoms. The minimum absolute atomic E-state index is 0.0338. The second-order valence-corrected chi connectivity index (χ2v) is 6.91. The molecular weight excluding hydrogens is 304 g/mol. The summed E-state index contributed by atoms with van der Waals surface area (Å²) in [6, 6.07) is 9.70. The van der Waals surface area contributed by atoms with Gasteiger partial charge in [0, 0.05) is 0 Å². The molecule has 2 aliphatic carbocycles. The number of hydrogen-bond acceptors (Lipinski definition) is 4.